The SMILES string of the molecule is CCOC(=O)C1=C(C(=O)OCC)c2ccccc21. The first-order valence-corrected chi connectivity index (χ1v) is 5.89. The fraction of sp³-hybridized carbons (Fsp3) is 0.286. The van der Waals surface area contributed by atoms with Crippen LogP contribution in [0.5, 0.6) is 0 Å². The molecule has 0 N–H and O–H groups in total. The number of fused-ring (bicyclic) bond motifs is 1. The lowest BCUT2D eigenvalue weighted by atomic mass is 9.80. The Morgan fingerprint density at radius 2 is 1.28 bits per heavy atom. The minimum absolute atomic E-state index is 0.278. The maximum atomic E-state index is 11.8. The third-order valence-corrected chi connectivity index (χ3v) is 2.67. The molecule has 1 aliphatic carbocycles. The maximum absolute atomic E-state index is 11.8. The van der Waals surface area contributed by atoms with Crippen molar-refractivity contribution >= 4 is 23.1 Å². The van der Waals surface area contributed by atoms with E-state index in [-0.39, 0.29) is 13.2 Å². The van der Waals surface area contributed by atoms with Gasteiger partial charge in [0.05, 0.1) is 24.4 Å². The molecule has 0 bridgehead atoms. The van der Waals surface area contributed by atoms with E-state index in [4.69, 9.17) is 9.47 Å². The molecule has 0 aromatic heterocycles. The fourth-order valence-electron chi connectivity index (χ4n) is 1.96. The summed E-state index contributed by atoms with van der Waals surface area (Å²) in [5, 5.41) is 0. The summed E-state index contributed by atoms with van der Waals surface area (Å²) in [7, 11) is 0. The van der Waals surface area contributed by atoms with Gasteiger partial charge in [-0.2, -0.15) is 0 Å². The largest absolute Gasteiger partial charge is 0.462 e. The van der Waals surface area contributed by atoms with Gasteiger partial charge in [-0.25, -0.2) is 9.59 Å². The van der Waals surface area contributed by atoms with Crippen molar-refractivity contribution in [3.05, 3.63) is 35.4 Å². The number of hydrogen-bond acceptors (Lipinski definition) is 4. The van der Waals surface area contributed by atoms with Crippen LogP contribution in [0.3, 0.4) is 0 Å². The van der Waals surface area contributed by atoms with Crippen molar-refractivity contribution in [1.82, 2.24) is 0 Å². The van der Waals surface area contributed by atoms with Crippen molar-refractivity contribution < 1.29 is 19.1 Å². The Kier molecular flexibility index (Phi) is 3.46. The topological polar surface area (TPSA) is 52.6 Å². The molecule has 0 fully saturated rings. The van der Waals surface area contributed by atoms with Crippen LogP contribution >= 0.6 is 0 Å². The number of esters is 2. The molecular formula is C14H14O4. The summed E-state index contributed by atoms with van der Waals surface area (Å²) in [6.45, 7) is 4.02. The standard InChI is InChI=1S/C14H14O4/c1-3-17-13(15)11-9-7-5-6-8-10(9)12(11)14(16)18-4-2/h5-8H,3-4H2,1-2H3. The summed E-state index contributed by atoms with van der Waals surface area (Å²) in [5.41, 5.74) is 2.15. The van der Waals surface area contributed by atoms with Gasteiger partial charge in [-0.15, -0.1) is 0 Å². The Balaban J connectivity index is 2.39. The van der Waals surface area contributed by atoms with Crippen LogP contribution in [0.15, 0.2) is 24.3 Å². The van der Waals surface area contributed by atoms with Crippen molar-refractivity contribution in [2.75, 3.05) is 13.2 Å². The molecule has 1 aromatic rings. The Bertz CT molecular complexity index is 481. The Morgan fingerprint density at radius 3 is 1.61 bits per heavy atom. The van der Waals surface area contributed by atoms with Gasteiger partial charge in [0, 0.05) is 0 Å². The second-order valence-corrected chi connectivity index (χ2v) is 3.74. The van der Waals surface area contributed by atoms with Crippen LogP contribution in [-0.4, -0.2) is 25.2 Å². The number of carbonyl (C=O) groups is 2. The second-order valence-electron chi connectivity index (χ2n) is 3.74. The minimum Gasteiger partial charge on any atom is -0.462 e. The number of carbonyl (C=O) groups excluding carboxylic acids is 2. The molecule has 1 aliphatic rings. The third-order valence-electron chi connectivity index (χ3n) is 2.67. The predicted octanol–water partition coefficient (Wildman–Crippen LogP) is 2.04. The number of benzene rings is 1. The zero-order valence-electron chi connectivity index (χ0n) is 10.4. The van der Waals surface area contributed by atoms with Gasteiger partial charge in [-0.3, -0.25) is 0 Å². The van der Waals surface area contributed by atoms with Crippen LogP contribution in [0.4, 0.5) is 0 Å². The summed E-state index contributed by atoms with van der Waals surface area (Å²) in [4.78, 5) is 23.6. The lowest BCUT2D eigenvalue weighted by Crippen LogP contribution is -2.22. The molecule has 0 saturated carbocycles. The van der Waals surface area contributed by atoms with Crippen LogP contribution in [0.2, 0.25) is 0 Å². The van der Waals surface area contributed by atoms with Crippen molar-refractivity contribution in [2.45, 2.75) is 13.8 Å². The molecule has 2 rings (SSSR count). The van der Waals surface area contributed by atoms with Gasteiger partial charge in [0.1, 0.15) is 0 Å². The van der Waals surface area contributed by atoms with Crippen molar-refractivity contribution in [1.29, 1.82) is 0 Å². The number of rotatable bonds is 4. The van der Waals surface area contributed by atoms with Gasteiger partial charge in [0.2, 0.25) is 0 Å². The quantitative estimate of drug-likeness (QED) is 0.763. The Morgan fingerprint density at radius 1 is 0.889 bits per heavy atom. The molecular weight excluding hydrogens is 232 g/mol. The molecule has 0 aliphatic heterocycles. The molecule has 0 unspecified atom stereocenters. The van der Waals surface area contributed by atoms with Crippen LogP contribution in [-0.2, 0) is 19.1 Å². The average molecular weight is 246 g/mol. The lowest BCUT2D eigenvalue weighted by molar-refractivity contribution is -0.138. The highest BCUT2D eigenvalue weighted by Gasteiger charge is 2.36. The highest BCUT2D eigenvalue weighted by atomic mass is 16.5. The second kappa shape index (κ2) is 5.04. The van der Waals surface area contributed by atoms with Crippen LogP contribution in [0.25, 0.3) is 11.1 Å². The van der Waals surface area contributed by atoms with E-state index in [0.29, 0.717) is 11.1 Å². The van der Waals surface area contributed by atoms with E-state index in [1.807, 2.05) is 12.1 Å². The fourth-order valence-corrected chi connectivity index (χ4v) is 1.96. The van der Waals surface area contributed by atoms with Crippen molar-refractivity contribution in [3.63, 3.8) is 0 Å². The summed E-state index contributed by atoms with van der Waals surface area (Å²) in [6, 6.07) is 7.23. The van der Waals surface area contributed by atoms with E-state index in [0.717, 1.165) is 11.1 Å². The molecule has 0 saturated heterocycles. The van der Waals surface area contributed by atoms with Crippen LogP contribution < -0.4 is 0 Å². The summed E-state index contributed by atoms with van der Waals surface area (Å²) >= 11 is 0. The maximum Gasteiger partial charge on any atom is 0.339 e. The average Bonchev–Trinajstić information content (AvgIpc) is 2.31. The predicted molar refractivity (Wildman–Crippen MR) is 66.5 cm³/mol. The molecule has 0 atom stereocenters. The first-order valence-electron chi connectivity index (χ1n) is 5.89. The molecule has 4 heteroatoms. The van der Waals surface area contributed by atoms with Gasteiger partial charge in [0.25, 0.3) is 0 Å². The van der Waals surface area contributed by atoms with E-state index >= 15 is 0 Å². The van der Waals surface area contributed by atoms with Gasteiger partial charge in [-0.05, 0) is 25.0 Å². The Hall–Kier alpha value is -2.10. The first-order chi connectivity index (χ1) is 8.70. The third kappa shape index (κ3) is 1.90. The summed E-state index contributed by atoms with van der Waals surface area (Å²) in [5.74, 6) is -0.946. The zero-order chi connectivity index (χ0) is 13.1. The van der Waals surface area contributed by atoms with E-state index in [1.165, 1.54) is 0 Å². The molecule has 0 amide bonds. The van der Waals surface area contributed by atoms with E-state index < -0.39 is 11.9 Å². The highest BCUT2D eigenvalue weighted by molar-refractivity contribution is 6.43. The number of hydrogen-bond donors (Lipinski definition) is 0. The van der Waals surface area contributed by atoms with E-state index in [9.17, 15) is 9.59 Å². The van der Waals surface area contributed by atoms with Gasteiger partial charge in [-0.1, -0.05) is 24.3 Å². The molecule has 4 nitrogen and oxygen atoms in total. The summed E-state index contributed by atoms with van der Waals surface area (Å²) < 4.78 is 9.91. The minimum atomic E-state index is -0.473. The van der Waals surface area contributed by atoms with E-state index in [2.05, 4.69) is 0 Å². The molecule has 0 radical (unpaired) electrons. The van der Waals surface area contributed by atoms with Gasteiger partial charge >= 0.3 is 11.9 Å². The normalized spacial score (nSPS) is 12.6. The molecule has 94 valence electrons. The first kappa shape index (κ1) is 12.4. The highest BCUT2D eigenvalue weighted by Crippen LogP contribution is 2.41. The monoisotopic (exact) mass is 246 g/mol. The Labute approximate surface area is 105 Å². The van der Waals surface area contributed by atoms with Crippen molar-refractivity contribution in [2.24, 2.45) is 0 Å². The van der Waals surface area contributed by atoms with Crippen molar-refractivity contribution in [3.8, 4) is 0 Å². The van der Waals surface area contributed by atoms with E-state index in [1.54, 1.807) is 26.0 Å². The van der Waals surface area contributed by atoms with Gasteiger partial charge in [0.15, 0.2) is 0 Å². The lowest BCUT2D eigenvalue weighted by Gasteiger charge is -2.24. The zero-order valence-corrected chi connectivity index (χ0v) is 10.4. The van der Waals surface area contributed by atoms with Crippen LogP contribution in [0.1, 0.15) is 25.0 Å². The molecule has 0 spiro atoms. The molecule has 0 heterocycles. The smallest absolute Gasteiger partial charge is 0.339 e. The number of ether oxygens (including phenoxy) is 2. The van der Waals surface area contributed by atoms with Gasteiger partial charge < -0.3 is 9.47 Å². The van der Waals surface area contributed by atoms with Crippen LogP contribution in [0, 0.1) is 0 Å². The summed E-state index contributed by atoms with van der Waals surface area (Å²) in [6.07, 6.45) is 0. The molecule has 1 aromatic carbocycles. The molecule has 18 heavy (non-hydrogen) atoms.